The van der Waals surface area contributed by atoms with Gasteiger partial charge in [-0.1, -0.05) is 32.0 Å². The van der Waals surface area contributed by atoms with Crippen molar-refractivity contribution in [3.63, 3.8) is 0 Å². The maximum Gasteiger partial charge on any atom is 0.339 e. The second kappa shape index (κ2) is 9.51. The van der Waals surface area contributed by atoms with Gasteiger partial charge in [-0.25, -0.2) is 0 Å². The van der Waals surface area contributed by atoms with Crippen LogP contribution >= 0.6 is 0 Å². The quantitative estimate of drug-likeness (QED) is 0.526. The third-order valence-electron chi connectivity index (χ3n) is 4.99. The normalized spacial score (nSPS) is 13.9. The molecule has 0 unspecified atom stereocenters. The molecule has 0 saturated heterocycles. The molecule has 1 aliphatic carbocycles. The maximum absolute atomic E-state index is 12.8. The van der Waals surface area contributed by atoms with Crippen LogP contribution < -0.4 is 8.92 Å². The SMILES string of the molecule is COc1ccc(S(=O)(=O)Oc2ccccc2CN(CC2CC2)C(=O)CC(C)C)cc1. The van der Waals surface area contributed by atoms with Gasteiger partial charge in [0.25, 0.3) is 0 Å². The molecule has 3 rings (SSSR count). The number of nitrogens with zero attached hydrogens (tertiary/aromatic N) is 1. The molecule has 2 aromatic carbocycles. The van der Waals surface area contributed by atoms with Crippen LogP contribution in [-0.2, 0) is 21.5 Å². The van der Waals surface area contributed by atoms with Gasteiger partial charge in [-0.05, 0) is 55.0 Å². The number of amides is 1. The first-order chi connectivity index (χ1) is 14.3. The Morgan fingerprint density at radius 2 is 1.77 bits per heavy atom. The summed E-state index contributed by atoms with van der Waals surface area (Å²) >= 11 is 0. The van der Waals surface area contributed by atoms with E-state index in [1.54, 1.807) is 30.3 Å². The molecular weight excluding hydrogens is 402 g/mol. The van der Waals surface area contributed by atoms with E-state index >= 15 is 0 Å². The van der Waals surface area contributed by atoms with Crippen molar-refractivity contribution in [2.24, 2.45) is 11.8 Å². The number of para-hydroxylation sites is 1. The highest BCUT2D eigenvalue weighted by Crippen LogP contribution is 2.32. The highest BCUT2D eigenvalue weighted by Gasteiger charge is 2.28. The molecule has 1 aliphatic rings. The molecule has 7 heteroatoms. The number of ether oxygens (including phenoxy) is 1. The monoisotopic (exact) mass is 431 g/mol. The molecule has 0 heterocycles. The first kappa shape index (κ1) is 22.2. The molecule has 0 bridgehead atoms. The maximum atomic E-state index is 12.8. The zero-order valence-electron chi connectivity index (χ0n) is 17.7. The first-order valence-electron chi connectivity index (χ1n) is 10.2. The predicted molar refractivity (Wildman–Crippen MR) is 115 cm³/mol. The lowest BCUT2D eigenvalue weighted by atomic mass is 10.1. The van der Waals surface area contributed by atoms with Crippen molar-refractivity contribution in [2.45, 2.75) is 44.6 Å². The molecule has 6 nitrogen and oxygen atoms in total. The Morgan fingerprint density at radius 3 is 2.37 bits per heavy atom. The summed E-state index contributed by atoms with van der Waals surface area (Å²) in [6.45, 7) is 5.07. The minimum Gasteiger partial charge on any atom is -0.497 e. The van der Waals surface area contributed by atoms with Crippen LogP contribution in [0, 0.1) is 11.8 Å². The van der Waals surface area contributed by atoms with E-state index in [0.29, 0.717) is 36.7 Å². The molecule has 0 N–H and O–H groups in total. The molecule has 162 valence electrons. The van der Waals surface area contributed by atoms with Crippen LogP contribution in [0.1, 0.15) is 38.7 Å². The number of hydrogen-bond donors (Lipinski definition) is 0. The van der Waals surface area contributed by atoms with Gasteiger partial charge in [-0.3, -0.25) is 4.79 Å². The largest absolute Gasteiger partial charge is 0.497 e. The molecule has 1 saturated carbocycles. The van der Waals surface area contributed by atoms with Crippen LogP contribution in [0.3, 0.4) is 0 Å². The number of benzene rings is 2. The van der Waals surface area contributed by atoms with Crippen molar-refractivity contribution < 1.29 is 22.1 Å². The summed E-state index contributed by atoms with van der Waals surface area (Å²) < 4.78 is 36.1. The van der Waals surface area contributed by atoms with Gasteiger partial charge < -0.3 is 13.8 Å². The van der Waals surface area contributed by atoms with Crippen LogP contribution in [0.2, 0.25) is 0 Å². The van der Waals surface area contributed by atoms with Crippen LogP contribution in [0.25, 0.3) is 0 Å². The zero-order valence-corrected chi connectivity index (χ0v) is 18.5. The van der Waals surface area contributed by atoms with E-state index in [1.807, 2.05) is 24.8 Å². The molecule has 1 fully saturated rings. The summed E-state index contributed by atoms with van der Waals surface area (Å²) in [6.07, 6.45) is 2.74. The topological polar surface area (TPSA) is 72.9 Å². The second-order valence-corrected chi connectivity index (χ2v) is 9.68. The van der Waals surface area contributed by atoms with E-state index < -0.39 is 10.1 Å². The van der Waals surface area contributed by atoms with E-state index in [0.717, 1.165) is 12.8 Å². The van der Waals surface area contributed by atoms with Crippen molar-refractivity contribution in [1.29, 1.82) is 0 Å². The Bertz CT molecular complexity index is 965. The number of hydrogen-bond acceptors (Lipinski definition) is 5. The number of rotatable bonds is 10. The van der Waals surface area contributed by atoms with E-state index in [2.05, 4.69) is 0 Å². The van der Waals surface area contributed by atoms with Crippen molar-refractivity contribution in [3.8, 4) is 11.5 Å². The summed E-state index contributed by atoms with van der Waals surface area (Å²) in [5.74, 6) is 1.70. The summed E-state index contributed by atoms with van der Waals surface area (Å²) in [4.78, 5) is 14.6. The van der Waals surface area contributed by atoms with Crippen LogP contribution in [0.15, 0.2) is 53.4 Å². The predicted octanol–water partition coefficient (Wildman–Crippen LogP) is 4.25. The average Bonchev–Trinajstić information content (AvgIpc) is 3.52. The van der Waals surface area contributed by atoms with Gasteiger partial charge in [0, 0.05) is 25.1 Å². The standard InChI is InChI=1S/C23H29NO5S/c1-17(2)14-23(25)24(15-18-8-9-18)16-19-6-4-5-7-22(19)29-30(26,27)21-12-10-20(28-3)11-13-21/h4-7,10-13,17-18H,8-9,14-16H2,1-3H3. The lowest BCUT2D eigenvalue weighted by Gasteiger charge is -2.24. The summed E-state index contributed by atoms with van der Waals surface area (Å²) in [7, 11) is -2.49. The molecule has 0 aliphatic heterocycles. The van der Waals surface area contributed by atoms with E-state index in [4.69, 9.17) is 8.92 Å². The molecule has 0 spiro atoms. The minimum atomic E-state index is -4.01. The summed E-state index contributed by atoms with van der Waals surface area (Å²) in [6, 6.07) is 13.0. The smallest absolute Gasteiger partial charge is 0.339 e. The van der Waals surface area contributed by atoms with Gasteiger partial charge in [0.05, 0.1) is 7.11 Å². The van der Waals surface area contributed by atoms with Gasteiger partial charge in [-0.15, -0.1) is 0 Å². The third kappa shape index (κ3) is 5.98. The molecular formula is C23H29NO5S. The van der Waals surface area contributed by atoms with Gasteiger partial charge in [0.15, 0.2) is 0 Å². The van der Waals surface area contributed by atoms with E-state index in [1.165, 1.54) is 19.2 Å². The van der Waals surface area contributed by atoms with Crippen LogP contribution in [0.4, 0.5) is 0 Å². The number of methoxy groups -OCH3 is 1. The first-order valence-corrected chi connectivity index (χ1v) is 11.6. The van der Waals surface area contributed by atoms with Crippen LogP contribution in [-0.4, -0.2) is 32.9 Å². The van der Waals surface area contributed by atoms with Gasteiger partial charge in [0.2, 0.25) is 5.91 Å². The van der Waals surface area contributed by atoms with Crippen molar-refractivity contribution in [1.82, 2.24) is 4.90 Å². The Hall–Kier alpha value is -2.54. The van der Waals surface area contributed by atoms with Crippen molar-refractivity contribution in [3.05, 3.63) is 54.1 Å². The lowest BCUT2D eigenvalue weighted by molar-refractivity contribution is -0.132. The lowest BCUT2D eigenvalue weighted by Crippen LogP contribution is -2.33. The summed E-state index contributed by atoms with van der Waals surface area (Å²) in [5, 5.41) is 0. The number of carbonyl (C=O) groups excluding carboxylic acids is 1. The molecule has 0 aromatic heterocycles. The Kier molecular flexibility index (Phi) is 7.02. The Labute approximate surface area is 178 Å². The van der Waals surface area contributed by atoms with Crippen LogP contribution in [0.5, 0.6) is 11.5 Å². The summed E-state index contributed by atoms with van der Waals surface area (Å²) in [5.41, 5.74) is 0.673. The highest BCUT2D eigenvalue weighted by atomic mass is 32.2. The number of carbonyl (C=O) groups is 1. The molecule has 0 radical (unpaired) electrons. The second-order valence-electron chi connectivity index (χ2n) is 8.14. The van der Waals surface area contributed by atoms with E-state index in [9.17, 15) is 13.2 Å². The van der Waals surface area contributed by atoms with Gasteiger partial charge >= 0.3 is 10.1 Å². The Morgan fingerprint density at radius 1 is 1.10 bits per heavy atom. The molecule has 0 atom stereocenters. The Balaban J connectivity index is 1.80. The minimum absolute atomic E-state index is 0.0452. The third-order valence-corrected chi connectivity index (χ3v) is 6.24. The molecule has 1 amide bonds. The van der Waals surface area contributed by atoms with Crippen molar-refractivity contribution >= 4 is 16.0 Å². The zero-order chi connectivity index (χ0) is 21.7. The van der Waals surface area contributed by atoms with Gasteiger partial charge in [-0.2, -0.15) is 8.42 Å². The fourth-order valence-corrected chi connectivity index (χ4v) is 4.14. The average molecular weight is 432 g/mol. The fourth-order valence-electron chi connectivity index (χ4n) is 3.18. The molecule has 2 aromatic rings. The van der Waals surface area contributed by atoms with Gasteiger partial charge in [0.1, 0.15) is 16.4 Å². The van der Waals surface area contributed by atoms with E-state index in [-0.39, 0.29) is 22.5 Å². The fraction of sp³-hybridized carbons (Fsp3) is 0.435. The van der Waals surface area contributed by atoms with Crippen molar-refractivity contribution in [2.75, 3.05) is 13.7 Å². The highest BCUT2D eigenvalue weighted by molar-refractivity contribution is 7.87. The molecule has 30 heavy (non-hydrogen) atoms.